The number of nitro benzene ring substituents is 1. The second kappa shape index (κ2) is 4.89. The maximum Gasteiger partial charge on any atom is 0.270 e. The van der Waals surface area contributed by atoms with Crippen molar-refractivity contribution in [3.05, 3.63) is 40.2 Å². The van der Waals surface area contributed by atoms with Crippen molar-refractivity contribution in [2.45, 2.75) is 9.92 Å². The number of nitro groups is 1. The third-order valence-corrected chi connectivity index (χ3v) is 3.85. The highest BCUT2D eigenvalue weighted by molar-refractivity contribution is 7.99. The highest BCUT2D eigenvalue weighted by Gasteiger charge is 2.18. The average molecular weight is 287 g/mol. The molecule has 0 unspecified atom stereocenters. The molecule has 0 fully saturated rings. The molecule has 0 amide bonds. The second-order valence-corrected chi connectivity index (χ2v) is 5.00. The zero-order valence-electron chi connectivity index (χ0n) is 10.4. The zero-order valence-corrected chi connectivity index (χ0v) is 11.2. The Morgan fingerprint density at radius 1 is 1.35 bits per heavy atom. The Bertz CT molecular complexity index is 732. The molecule has 7 nitrogen and oxygen atoms in total. The minimum absolute atomic E-state index is 0.0432. The van der Waals surface area contributed by atoms with E-state index in [2.05, 4.69) is 20.3 Å². The van der Waals surface area contributed by atoms with Gasteiger partial charge in [-0.05, 0) is 6.07 Å². The lowest BCUT2D eigenvalue weighted by Gasteiger charge is -2.06. The van der Waals surface area contributed by atoms with Gasteiger partial charge in [0.2, 0.25) is 0 Å². The molecular weight excluding hydrogens is 278 g/mol. The number of non-ortho nitro benzene ring substituents is 1. The van der Waals surface area contributed by atoms with Crippen LogP contribution in [0.4, 0.5) is 17.2 Å². The summed E-state index contributed by atoms with van der Waals surface area (Å²) in [7, 11) is 1.76. The normalized spacial score (nSPS) is 12.2. The molecule has 2 aromatic rings. The van der Waals surface area contributed by atoms with Crippen LogP contribution in [0.5, 0.6) is 0 Å². The fourth-order valence-electron chi connectivity index (χ4n) is 1.82. The van der Waals surface area contributed by atoms with Crippen LogP contribution in [0.2, 0.25) is 0 Å². The zero-order chi connectivity index (χ0) is 14.1. The lowest BCUT2D eigenvalue weighted by molar-refractivity contribution is -0.384. The molecule has 1 aliphatic heterocycles. The van der Waals surface area contributed by atoms with E-state index in [0.29, 0.717) is 22.1 Å². The van der Waals surface area contributed by atoms with Crippen LogP contribution in [-0.4, -0.2) is 28.2 Å². The molecule has 100 valence electrons. The Kier molecular flexibility index (Phi) is 3.07. The first kappa shape index (κ1) is 12.5. The summed E-state index contributed by atoms with van der Waals surface area (Å²) >= 11 is 1.41. The van der Waals surface area contributed by atoms with Crippen LogP contribution in [0.25, 0.3) is 0 Å². The van der Waals surface area contributed by atoms with Gasteiger partial charge in [-0.25, -0.2) is 15.0 Å². The summed E-state index contributed by atoms with van der Waals surface area (Å²) in [6, 6.07) is 4.69. The van der Waals surface area contributed by atoms with Crippen LogP contribution in [0.3, 0.4) is 0 Å². The van der Waals surface area contributed by atoms with Crippen LogP contribution >= 0.6 is 11.8 Å². The van der Waals surface area contributed by atoms with Gasteiger partial charge in [0, 0.05) is 35.9 Å². The largest absolute Gasteiger partial charge is 0.371 e. The van der Waals surface area contributed by atoms with E-state index < -0.39 is 4.92 Å². The van der Waals surface area contributed by atoms with E-state index in [-0.39, 0.29) is 5.69 Å². The molecule has 20 heavy (non-hydrogen) atoms. The molecule has 8 heteroatoms. The Hall–Kier alpha value is -2.48. The number of nitrogens with one attached hydrogen (secondary N) is 1. The van der Waals surface area contributed by atoms with Crippen molar-refractivity contribution in [2.75, 3.05) is 12.4 Å². The van der Waals surface area contributed by atoms with Crippen molar-refractivity contribution in [1.29, 1.82) is 0 Å². The molecule has 0 saturated carbocycles. The smallest absolute Gasteiger partial charge is 0.270 e. The fourth-order valence-corrected chi connectivity index (χ4v) is 2.74. The Balaban J connectivity index is 2.12. The highest BCUT2D eigenvalue weighted by atomic mass is 32.2. The molecular formula is C12H9N5O2S. The van der Waals surface area contributed by atoms with E-state index in [9.17, 15) is 10.1 Å². The monoisotopic (exact) mass is 287 g/mol. The Labute approximate surface area is 118 Å². The van der Waals surface area contributed by atoms with Crippen LogP contribution in [0, 0.1) is 10.1 Å². The molecule has 1 N–H and O–H groups in total. The van der Waals surface area contributed by atoms with Gasteiger partial charge in [0.1, 0.15) is 17.0 Å². The minimum Gasteiger partial charge on any atom is -0.371 e. The number of anilines is 1. The van der Waals surface area contributed by atoms with E-state index in [1.165, 1.54) is 30.2 Å². The molecule has 1 aromatic heterocycles. The van der Waals surface area contributed by atoms with Gasteiger partial charge in [-0.15, -0.1) is 0 Å². The highest BCUT2D eigenvalue weighted by Crippen LogP contribution is 2.40. The molecule has 0 spiro atoms. The standard InChI is InChI=1S/C12H9N5O2S/c1-13-11-10-12(16-6-15-11)20-9-3-2-8(17(18)19)4-7(9)5-14-10/h2-6H,1H3,(H,13,15,16). The first-order valence-electron chi connectivity index (χ1n) is 5.72. The van der Waals surface area contributed by atoms with Crippen LogP contribution in [0.1, 0.15) is 5.56 Å². The van der Waals surface area contributed by atoms with Crippen LogP contribution in [0.15, 0.2) is 39.4 Å². The molecule has 0 radical (unpaired) electrons. The number of nitrogens with zero attached hydrogens (tertiary/aromatic N) is 4. The van der Waals surface area contributed by atoms with Gasteiger partial charge in [0.05, 0.1) is 4.92 Å². The molecule has 0 saturated heterocycles. The van der Waals surface area contributed by atoms with Gasteiger partial charge < -0.3 is 5.32 Å². The summed E-state index contributed by atoms with van der Waals surface area (Å²) in [6.45, 7) is 0. The number of hydrogen-bond donors (Lipinski definition) is 1. The first-order chi connectivity index (χ1) is 9.69. The summed E-state index contributed by atoms with van der Waals surface area (Å²) in [4.78, 5) is 23.9. The van der Waals surface area contributed by atoms with Gasteiger partial charge in [0.15, 0.2) is 5.82 Å². The first-order valence-corrected chi connectivity index (χ1v) is 6.54. The number of aromatic nitrogens is 2. The van der Waals surface area contributed by atoms with Crippen LogP contribution < -0.4 is 5.32 Å². The number of hydrogen-bond acceptors (Lipinski definition) is 7. The second-order valence-electron chi connectivity index (χ2n) is 3.97. The predicted molar refractivity (Wildman–Crippen MR) is 76.1 cm³/mol. The number of aliphatic imine (C=N–C) groups is 1. The summed E-state index contributed by atoms with van der Waals surface area (Å²) < 4.78 is 0. The fraction of sp³-hybridized carbons (Fsp3) is 0.0833. The summed E-state index contributed by atoms with van der Waals surface area (Å²) in [6.07, 6.45) is 3.06. The van der Waals surface area contributed by atoms with E-state index in [1.54, 1.807) is 19.3 Å². The lowest BCUT2D eigenvalue weighted by atomic mass is 10.2. The molecule has 0 aliphatic carbocycles. The lowest BCUT2D eigenvalue weighted by Crippen LogP contribution is -1.94. The van der Waals surface area contributed by atoms with Gasteiger partial charge in [-0.3, -0.25) is 10.1 Å². The third-order valence-electron chi connectivity index (χ3n) is 2.77. The SMILES string of the molecule is CNc1ncnc2c1N=Cc1cc([N+](=O)[O-])ccc1S2. The molecule has 0 bridgehead atoms. The summed E-state index contributed by atoms with van der Waals surface area (Å²) in [5.74, 6) is 0.626. The number of rotatable bonds is 2. The molecule has 1 aromatic carbocycles. The quantitative estimate of drug-likeness (QED) is 0.442. The predicted octanol–water partition coefficient (Wildman–Crippen LogP) is 2.64. The van der Waals surface area contributed by atoms with Crippen molar-refractivity contribution >= 4 is 35.2 Å². The van der Waals surface area contributed by atoms with Crippen molar-refractivity contribution < 1.29 is 4.92 Å². The van der Waals surface area contributed by atoms with E-state index in [1.807, 2.05) is 0 Å². The maximum absolute atomic E-state index is 10.8. The average Bonchev–Trinajstić information content (AvgIpc) is 2.64. The van der Waals surface area contributed by atoms with E-state index >= 15 is 0 Å². The van der Waals surface area contributed by atoms with Crippen molar-refractivity contribution in [3.8, 4) is 0 Å². The van der Waals surface area contributed by atoms with Gasteiger partial charge >= 0.3 is 0 Å². The van der Waals surface area contributed by atoms with Crippen molar-refractivity contribution in [1.82, 2.24) is 9.97 Å². The van der Waals surface area contributed by atoms with Gasteiger partial charge in [-0.2, -0.15) is 0 Å². The Morgan fingerprint density at radius 3 is 2.95 bits per heavy atom. The van der Waals surface area contributed by atoms with E-state index in [0.717, 1.165) is 4.90 Å². The van der Waals surface area contributed by atoms with Gasteiger partial charge in [-0.1, -0.05) is 11.8 Å². The summed E-state index contributed by atoms with van der Waals surface area (Å²) in [5.41, 5.74) is 1.38. The third kappa shape index (κ3) is 2.10. The van der Waals surface area contributed by atoms with Crippen LogP contribution in [-0.2, 0) is 0 Å². The summed E-state index contributed by atoms with van der Waals surface area (Å²) in [5, 5.41) is 14.5. The number of fused-ring (bicyclic) bond motifs is 2. The molecule has 3 rings (SSSR count). The molecule has 1 aliphatic rings. The van der Waals surface area contributed by atoms with Crippen molar-refractivity contribution in [2.24, 2.45) is 4.99 Å². The van der Waals surface area contributed by atoms with Gasteiger partial charge in [0.25, 0.3) is 5.69 Å². The maximum atomic E-state index is 10.8. The number of benzene rings is 1. The van der Waals surface area contributed by atoms with Crippen molar-refractivity contribution in [3.63, 3.8) is 0 Å². The Morgan fingerprint density at radius 2 is 2.20 bits per heavy atom. The topological polar surface area (TPSA) is 93.3 Å². The molecule has 2 heterocycles. The molecule has 0 atom stereocenters. The minimum atomic E-state index is -0.421. The van der Waals surface area contributed by atoms with E-state index in [4.69, 9.17) is 0 Å².